The van der Waals surface area contributed by atoms with E-state index < -0.39 is 0 Å². The van der Waals surface area contributed by atoms with Gasteiger partial charge in [-0.05, 0) is 74.4 Å². The van der Waals surface area contributed by atoms with Crippen molar-refractivity contribution in [1.29, 1.82) is 0 Å². The molecule has 2 unspecified atom stereocenters. The zero-order chi connectivity index (χ0) is 27.7. The van der Waals surface area contributed by atoms with Crippen molar-refractivity contribution in [3.05, 3.63) is 53.6 Å². The van der Waals surface area contributed by atoms with Gasteiger partial charge in [-0.3, -0.25) is 9.59 Å². The second-order valence-electron chi connectivity index (χ2n) is 11.1. The number of nitrogens with one attached hydrogen (secondary N) is 1. The number of nitrogens with zero attached hydrogens (tertiary/aromatic N) is 1. The number of hydrogen-bond acceptors (Lipinski definition) is 5. The monoisotopic (exact) mass is 535 g/mol. The fourth-order valence-corrected chi connectivity index (χ4v) is 5.80. The standard InChI is InChI=1S/C32H45N3O4/c1-3-5-6-9-21-38-27-14-11-24(12-15-27)30(36)34-26-13-16-28(29(22-26)39-20-4-2)31(37)35-19-17-25-10-7-8-18-32(25,33)23-35/h11-16,22,25H,3-10,17-21,23,33H2,1-2H3,(H,34,36). The van der Waals surface area contributed by atoms with Gasteiger partial charge in [-0.2, -0.15) is 0 Å². The SMILES string of the molecule is CCCCCCOc1ccc(C(=O)Nc2ccc(C(=O)N3CCC4CCCCC4(N)C3)c(OCCC)c2)cc1. The van der Waals surface area contributed by atoms with Gasteiger partial charge in [-0.1, -0.05) is 46.0 Å². The Hall–Kier alpha value is -3.06. The molecule has 212 valence electrons. The molecular weight excluding hydrogens is 490 g/mol. The van der Waals surface area contributed by atoms with E-state index in [1.165, 1.54) is 19.3 Å². The van der Waals surface area contributed by atoms with Crippen LogP contribution in [-0.2, 0) is 0 Å². The topological polar surface area (TPSA) is 93.9 Å². The molecule has 0 radical (unpaired) electrons. The number of carbonyl (C=O) groups excluding carboxylic acids is 2. The van der Waals surface area contributed by atoms with Crippen LogP contribution in [-0.4, -0.2) is 48.6 Å². The zero-order valence-electron chi connectivity index (χ0n) is 23.7. The molecule has 4 rings (SSSR count). The van der Waals surface area contributed by atoms with E-state index in [4.69, 9.17) is 15.2 Å². The van der Waals surface area contributed by atoms with Crippen molar-refractivity contribution in [2.75, 3.05) is 31.6 Å². The number of likely N-dealkylation sites (tertiary alicyclic amines) is 1. The number of hydrogen-bond donors (Lipinski definition) is 2. The summed E-state index contributed by atoms with van der Waals surface area (Å²) in [6.45, 7) is 6.68. The molecule has 1 saturated heterocycles. The minimum atomic E-state index is -0.292. The molecule has 1 saturated carbocycles. The lowest BCUT2D eigenvalue weighted by molar-refractivity contribution is 0.0414. The summed E-state index contributed by atoms with van der Waals surface area (Å²) in [4.78, 5) is 28.4. The molecule has 2 amide bonds. The van der Waals surface area contributed by atoms with Crippen LogP contribution in [0.25, 0.3) is 0 Å². The summed E-state index contributed by atoms with van der Waals surface area (Å²) in [5.74, 6) is 1.46. The third-order valence-corrected chi connectivity index (χ3v) is 8.09. The van der Waals surface area contributed by atoms with Gasteiger partial charge < -0.3 is 25.4 Å². The predicted molar refractivity (Wildman–Crippen MR) is 156 cm³/mol. The highest BCUT2D eigenvalue weighted by atomic mass is 16.5. The van der Waals surface area contributed by atoms with Crippen LogP contribution in [0.5, 0.6) is 11.5 Å². The smallest absolute Gasteiger partial charge is 0.257 e. The van der Waals surface area contributed by atoms with Gasteiger partial charge in [0.1, 0.15) is 11.5 Å². The number of piperidine rings is 1. The van der Waals surface area contributed by atoms with Crippen LogP contribution < -0.4 is 20.5 Å². The lowest BCUT2D eigenvalue weighted by Gasteiger charge is -2.48. The Bertz CT molecular complexity index is 1100. The average Bonchev–Trinajstić information content (AvgIpc) is 2.95. The number of amides is 2. The average molecular weight is 536 g/mol. The third kappa shape index (κ3) is 7.53. The van der Waals surface area contributed by atoms with Crippen molar-refractivity contribution in [2.45, 2.75) is 83.6 Å². The Kier molecular flexibility index (Phi) is 10.3. The number of ether oxygens (including phenoxy) is 2. The van der Waals surface area contributed by atoms with E-state index in [2.05, 4.69) is 12.2 Å². The number of fused-ring (bicyclic) bond motifs is 1. The highest BCUT2D eigenvalue weighted by molar-refractivity contribution is 6.05. The number of unbranched alkanes of at least 4 members (excludes halogenated alkanes) is 3. The largest absolute Gasteiger partial charge is 0.494 e. The second kappa shape index (κ2) is 13.8. The van der Waals surface area contributed by atoms with E-state index in [-0.39, 0.29) is 17.4 Å². The molecule has 7 nitrogen and oxygen atoms in total. The van der Waals surface area contributed by atoms with E-state index in [9.17, 15) is 9.59 Å². The zero-order valence-corrected chi connectivity index (χ0v) is 23.7. The van der Waals surface area contributed by atoms with Crippen molar-refractivity contribution in [3.8, 4) is 11.5 Å². The van der Waals surface area contributed by atoms with Gasteiger partial charge in [0.05, 0.1) is 18.8 Å². The van der Waals surface area contributed by atoms with Crippen LogP contribution in [0.2, 0.25) is 0 Å². The molecule has 0 aromatic heterocycles. The summed E-state index contributed by atoms with van der Waals surface area (Å²) in [5, 5.41) is 2.95. The molecule has 39 heavy (non-hydrogen) atoms. The molecule has 1 aliphatic carbocycles. The molecule has 7 heteroatoms. The summed E-state index contributed by atoms with van der Waals surface area (Å²) >= 11 is 0. The second-order valence-corrected chi connectivity index (χ2v) is 11.1. The number of anilines is 1. The van der Waals surface area contributed by atoms with Gasteiger partial charge in [0.15, 0.2) is 0 Å². The molecule has 2 fully saturated rings. The number of rotatable bonds is 12. The van der Waals surface area contributed by atoms with Gasteiger partial charge in [0.2, 0.25) is 0 Å². The normalized spacial score (nSPS) is 20.7. The first-order valence-electron chi connectivity index (χ1n) is 14.8. The first kappa shape index (κ1) is 28.9. The lowest BCUT2D eigenvalue weighted by atomic mass is 9.69. The number of benzene rings is 2. The van der Waals surface area contributed by atoms with Crippen LogP contribution in [0.4, 0.5) is 5.69 Å². The van der Waals surface area contributed by atoms with Crippen LogP contribution in [0.1, 0.15) is 98.8 Å². The van der Waals surface area contributed by atoms with Crippen molar-refractivity contribution < 1.29 is 19.1 Å². The summed E-state index contributed by atoms with van der Waals surface area (Å²) in [7, 11) is 0. The summed E-state index contributed by atoms with van der Waals surface area (Å²) in [5.41, 5.74) is 8.13. The van der Waals surface area contributed by atoms with Gasteiger partial charge in [-0.15, -0.1) is 0 Å². The van der Waals surface area contributed by atoms with Gasteiger partial charge in [0.25, 0.3) is 11.8 Å². The van der Waals surface area contributed by atoms with E-state index in [0.717, 1.165) is 50.7 Å². The minimum absolute atomic E-state index is 0.0573. The van der Waals surface area contributed by atoms with Crippen LogP contribution in [0.15, 0.2) is 42.5 Å². The molecule has 0 spiro atoms. The molecule has 3 N–H and O–H groups in total. The highest BCUT2D eigenvalue weighted by Crippen LogP contribution is 2.38. The van der Waals surface area contributed by atoms with Gasteiger partial charge in [0, 0.05) is 35.9 Å². The predicted octanol–water partition coefficient (Wildman–Crippen LogP) is 6.42. The first-order chi connectivity index (χ1) is 18.9. The Morgan fingerprint density at radius 1 is 0.974 bits per heavy atom. The van der Waals surface area contributed by atoms with Crippen LogP contribution >= 0.6 is 0 Å². The Morgan fingerprint density at radius 2 is 1.79 bits per heavy atom. The first-order valence-corrected chi connectivity index (χ1v) is 14.8. The quantitative estimate of drug-likeness (QED) is 0.306. The molecule has 0 bridgehead atoms. The molecular formula is C32H45N3O4. The molecule has 2 aromatic carbocycles. The highest BCUT2D eigenvalue weighted by Gasteiger charge is 2.43. The molecule has 2 atom stereocenters. The van der Waals surface area contributed by atoms with E-state index >= 15 is 0 Å². The maximum absolute atomic E-state index is 13.6. The van der Waals surface area contributed by atoms with Crippen molar-refractivity contribution in [1.82, 2.24) is 4.90 Å². The maximum atomic E-state index is 13.6. The molecule has 1 heterocycles. The molecule has 2 aliphatic rings. The van der Waals surface area contributed by atoms with Crippen LogP contribution in [0, 0.1) is 5.92 Å². The van der Waals surface area contributed by atoms with Gasteiger partial charge >= 0.3 is 0 Å². The molecule has 1 aliphatic heterocycles. The van der Waals surface area contributed by atoms with Crippen molar-refractivity contribution in [3.63, 3.8) is 0 Å². The minimum Gasteiger partial charge on any atom is -0.494 e. The van der Waals surface area contributed by atoms with Crippen molar-refractivity contribution >= 4 is 17.5 Å². The lowest BCUT2D eigenvalue weighted by Crippen LogP contribution is -2.61. The summed E-state index contributed by atoms with van der Waals surface area (Å²) < 4.78 is 11.8. The van der Waals surface area contributed by atoms with E-state index in [1.54, 1.807) is 30.3 Å². The summed E-state index contributed by atoms with van der Waals surface area (Å²) in [6.07, 6.45) is 10.9. The Labute approximate surface area is 233 Å². The van der Waals surface area contributed by atoms with Crippen LogP contribution in [0.3, 0.4) is 0 Å². The van der Waals surface area contributed by atoms with E-state index in [1.807, 2.05) is 24.0 Å². The fraction of sp³-hybridized carbons (Fsp3) is 0.562. The van der Waals surface area contributed by atoms with Gasteiger partial charge in [-0.25, -0.2) is 0 Å². The van der Waals surface area contributed by atoms with E-state index in [0.29, 0.717) is 54.8 Å². The molecule has 2 aromatic rings. The maximum Gasteiger partial charge on any atom is 0.257 e. The van der Waals surface area contributed by atoms with Crippen molar-refractivity contribution in [2.24, 2.45) is 11.7 Å². The number of carbonyl (C=O) groups is 2. The summed E-state index contributed by atoms with van der Waals surface area (Å²) in [6, 6.07) is 12.5. The Morgan fingerprint density at radius 3 is 2.56 bits per heavy atom. The fourth-order valence-electron chi connectivity index (χ4n) is 5.80. The number of nitrogens with two attached hydrogens (primary N) is 1. The third-order valence-electron chi connectivity index (χ3n) is 8.09. The Balaban J connectivity index is 1.41.